The van der Waals surface area contributed by atoms with Gasteiger partial charge >= 0.3 is 6.03 Å². The summed E-state index contributed by atoms with van der Waals surface area (Å²) in [4.78, 5) is 48.1. The first-order valence-corrected chi connectivity index (χ1v) is 7.48. The molecule has 4 amide bonds. The first kappa shape index (κ1) is 18.6. The maximum Gasteiger partial charge on any atom is 0.319 e. The molecule has 0 saturated carbocycles. The number of hydrogen-bond acceptors (Lipinski definition) is 4. The van der Waals surface area contributed by atoms with Crippen LogP contribution in [0.1, 0.15) is 16.8 Å². The normalized spacial score (nSPS) is 10.0. The average Bonchev–Trinajstić information content (AvgIpc) is 2.57. The molecule has 0 unspecified atom stereocenters. The van der Waals surface area contributed by atoms with E-state index in [9.17, 15) is 23.6 Å². The number of hydrogen-bond donors (Lipinski definition) is 5. The van der Waals surface area contributed by atoms with Crippen molar-refractivity contribution in [2.45, 2.75) is 6.42 Å². The summed E-state index contributed by atoms with van der Waals surface area (Å²) in [7, 11) is 0. The lowest BCUT2D eigenvalue weighted by molar-refractivity contribution is -0.117. The third-order valence-electron chi connectivity index (χ3n) is 3.15. The van der Waals surface area contributed by atoms with Gasteiger partial charge in [0.05, 0.1) is 0 Å². The van der Waals surface area contributed by atoms with Gasteiger partial charge in [-0.15, -0.1) is 0 Å². The van der Waals surface area contributed by atoms with Crippen LogP contribution in [0.4, 0.5) is 20.6 Å². The summed E-state index contributed by atoms with van der Waals surface area (Å²) < 4.78 is 13.2. The quantitative estimate of drug-likeness (QED) is 0.517. The SMILES string of the molecule is NC(=O)CCNC(=O)Nc1cccc(NC(=O)c2cc(F)c[nH]c2=O)c1. The van der Waals surface area contributed by atoms with Crippen molar-refractivity contribution in [1.82, 2.24) is 10.3 Å². The molecule has 136 valence electrons. The van der Waals surface area contributed by atoms with Crippen LogP contribution in [0.15, 0.2) is 41.3 Å². The van der Waals surface area contributed by atoms with Crippen molar-refractivity contribution in [1.29, 1.82) is 0 Å². The van der Waals surface area contributed by atoms with Crippen LogP contribution in [0.3, 0.4) is 0 Å². The molecule has 26 heavy (non-hydrogen) atoms. The summed E-state index contributed by atoms with van der Waals surface area (Å²) in [6.45, 7) is 0.0833. The Balaban J connectivity index is 2.01. The highest BCUT2D eigenvalue weighted by molar-refractivity contribution is 6.04. The molecule has 10 heteroatoms. The molecule has 1 aromatic heterocycles. The second-order valence-corrected chi connectivity index (χ2v) is 5.19. The second kappa shape index (κ2) is 8.42. The van der Waals surface area contributed by atoms with Crippen molar-refractivity contribution >= 4 is 29.2 Å². The number of benzene rings is 1. The van der Waals surface area contributed by atoms with Crippen molar-refractivity contribution in [3.63, 3.8) is 0 Å². The van der Waals surface area contributed by atoms with E-state index in [-0.39, 0.29) is 24.2 Å². The molecule has 0 saturated heterocycles. The number of nitrogens with one attached hydrogen (secondary N) is 4. The maximum absolute atomic E-state index is 13.2. The fourth-order valence-corrected chi connectivity index (χ4v) is 1.97. The van der Waals surface area contributed by atoms with Crippen molar-refractivity contribution in [2.75, 3.05) is 17.2 Å². The maximum atomic E-state index is 13.2. The van der Waals surface area contributed by atoms with Crippen molar-refractivity contribution < 1.29 is 18.8 Å². The Morgan fingerprint density at radius 2 is 1.81 bits per heavy atom. The van der Waals surface area contributed by atoms with E-state index in [1.807, 2.05) is 0 Å². The molecule has 0 bridgehead atoms. The number of H-pyrrole nitrogens is 1. The third kappa shape index (κ3) is 5.44. The molecule has 6 N–H and O–H groups in total. The smallest absolute Gasteiger partial charge is 0.319 e. The number of carbonyl (C=O) groups is 3. The molecule has 0 spiro atoms. The monoisotopic (exact) mass is 361 g/mol. The van der Waals surface area contributed by atoms with E-state index in [1.54, 1.807) is 12.1 Å². The number of anilines is 2. The molecule has 9 nitrogen and oxygen atoms in total. The van der Waals surface area contributed by atoms with Gasteiger partial charge < -0.3 is 26.7 Å². The largest absolute Gasteiger partial charge is 0.370 e. The van der Waals surface area contributed by atoms with E-state index >= 15 is 0 Å². The molecule has 0 fully saturated rings. The number of urea groups is 1. The van der Waals surface area contributed by atoms with Crippen LogP contribution in [0.5, 0.6) is 0 Å². The van der Waals surface area contributed by atoms with E-state index in [1.165, 1.54) is 12.1 Å². The highest BCUT2D eigenvalue weighted by atomic mass is 19.1. The minimum Gasteiger partial charge on any atom is -0.370 e. The Bertz CT molecular complexity index is 896. The zero-order chi connectivity index (χ0) is 19.1. The Morgan fingerprint density at radius 1 is 1.12 bits per heavy atom. The lowest BCUT2D eigenvalue weighted by atomic mass is 10.2. The number of rotatable bonds is 6. The van der Waals surface area contributed by atoms with Crippen LogP contribution >= 0.6 is 0 Å². The molecule has 2 aromatic rings. The van der Waals surface area contributed by atoms with Crippen LogP contribution in [-0.2, 0) is 4.79 Å². The number of aromatic nitrogens is 1. The van der Waals surface area contributed by atoms with Gasteiger partial charge in [-0.25, -0.2) is 9.18 Å². The summed E-state index contributed by atoms with van der Waals surface area (Å²) in [5, 5.41) is 7.38. The lowest BCUT2D eigenvalue weighted by Crippen LogP contribution is -2.31. The van der Waals surface area contributed by atoms with Crippen LogP contribution in [-0.4, -0.2) is 29.4 Å². The molecular weight excluding hydrogens is 345 g/mol. The van der Waals surface area contributed by atoms with Gasteiger partial charge in [0.2, 0.25) is 5.91 Å². The molecule has 0 aliphatic rings. The van der Waals surface area contributed by atoms with Gasteiger partial charge in [0.15, 0.2) is 0 Å². The van der Waals surface area contributed by atoms with E-state index < -0.39 is 29.2 Å². The minimum absolute atomic E-state index is 0.00565. The zero-order valence-corrected chi connectivity index (χ0v) is 13.5. The molecular formula is C16H16FN5O4. The van der Waals surface area contributed by atoms with Crippen molar-refractivity contribution in [3.05, 3.63) is 58.3 Å². The van der Waals surface area contributed by atoms with E-state index in [4.69, 9.17) is 5.73 Å². The van der Waals surface area contributed by atoms with Gasteiger partial charge in [0.1, 0.15) is 11.4 Å². The molecule has 1 aromatic carbocycles. The fourth-order valence-electron chi connectivity index (χ4n) is 1.97. The topological polar surface area (TPSA) is 146 Å². The van der Waals surface area contributed by atoms with Crippen LogP contribution in [0.2, 0.25) is 0 Å². The van der Waals surface area contributed by atoms with Gasteiger partial charge in [-0.1, -0.05) is 6.07 Å². The zero-order valence-electron chi connectivity index (χ0n) is 13.5. The van der Waals surface area contributed by atoms with Crippen molar-refractivity contribution in [3.8, 4) is 0 Å². The highest BCUT2D eigenvalue weighted by Gasteiger charge is 2.12. The Labute approximate surface area is 146 Å². The standard InChI is InChI=1S/C16H16FN5O4/c17-9-6-12(14(24)20-8-9)15(25)21-10-2-1-3-11(7-10)22-16(26)19-5-4-13(18)23/h1-3,6-8H,4-5H2,(H2,18,23)(H,20,24)(H,21,25)(H2,19,22,26). The predicted molar refractivity (Wildman–Crippen MR) is 92.2 cm³/mol. The predicted octanol–water partition coefficient (Wildman–Crippen LogP) is 0.763. The number of aromatic amines is 1. The molecule has 0 aliphatic carbocycles. The van der Waals surface area contributed by atoms with E-state index in [0.717, 1.165) is 12.3 Å². The second-order valence-electron chi connectivity index (χ2n) is 5.19. The van der Waals surface area contributed by atoms with Gasteiger partial charge in [-0.2, -0.15) is 0 Å². The van der Waals surface area contributed by atoms with Crippen molar-refractivity contribution in [2.24, 2.45) is 5.73 Å². The molecule has 0 atom stereocenters. The Kier molecular flexibility index (Phi) is 6.04. The highest BCUT2D eigenvalue weighted by Crippen LogP contribution is 2.15. The summed E-state index contributed by atoms with van der Waals surface area (Å²) >= 11 is 0. The van der Waals surface area contributed by atoms with Gasteiger partial charge in [-0.05, 0) is 24.3 Å². The average molecular weight is 361 g/mol. The van der Waals surface area contributed by atoms with Crippen LogP contribution < -0.4 is 27.2 Å². The van der Waals surface area contributed by atoms with Gasteiger partial charge in [0.25, 0.3) is 11.5 Å². The summed E-state index contributed by atoms with van der Waals surface area (Å²) in [6, 6.07) is 6.36. The summed E-state index contributed by atoms with van der Waals surface area (Å²) in [6.07, 6.45) is 0.853. The Hall–Kier alpha value is -3.69. The molecule has 0 aliphatic heterocycles. The number of primary amides is 1. The minimum atomic E-state index is -0.797. The lowest BCUT2D eigenvalue weighted by Gasteiger charge is -2.09. The van der Waals surface area contributed by atoms with Crippen LogP contribution in [0.25, 0.3) is 0 Å². The molecule has 0 radical (unpaired) electrons. The van der Waals surface area contributed by atoms with E-state index in [0.29, 0.717) is 5.69 Å². The van der Waals surface area contributed by atoms with Crippen LogP contribution in [0, 0.1) is 5.82 Å². The number of amides is 4. The molecule has 1 heterocycles. The summed E-state index contributed by atoms with van der Waals surface area (Å²) in [5.74, 6) is -2.09. The third-order valence-corrected chi connectivity index (χ3v) is 3.15. The number of nitrogens with two attached hydrogens (primary N) is 1. The first-order valence-electron chi connectivity index (χ1n) is 7.48. The Morgan fingerprint density at radius 3 is 2.50 bits per heavy atom. The van der Waals surface area contributed by atoms with E-state index in [2.05, 4.69) is 20.9 Å². The summed E-state index contributed by atoms with van der Waals surface area (Å²) in [5.41, 5.74) is 4.50. The molecule has 2 rings (SSSR count). The first-order chi connectivity index (χ1) is 12.3. The van der Waals surface area contributed by atoms with Gasteiger partial charge in [0, 0.05) is 30.5 Å². The fraction of sp³-hybridized carbons (Fsp3) is 0.125. The van der Waals surface area contributed by atoms with Gasteiger partial charge in [-0.3, -0.25) is 14.4 Å². The number of carbonyl (C=O) groups excluding carboxylic acids is 3. The number of pyridine rings is 1. The number of halogens is 1.